The van der Waals surface area contributed by atoms with Crippen LogP contribution in [0.4, 0.5) is 5.69 Å². The second kappa shape index (κ2) is 5.60. The smallest absolute Gasteiger partial charge is 0.269 e. The molecular formula is C14H19N3O4S. The first-order valence-corrected chi connectivity index (χ1v) is 8.90. The molecule has 2 N–H and O–H groups in total. The maximum Gasteiger partial charge on any atom is 0.269 e. The number of hydrogen-bond donors (Lipinski definition) is 2. The molecule has 22 heavy (non-hydrogen) atoms. The molecule has 1 aromatic carbocycles. The van der Waals surface area contributed by atoms with Gasteiger partial charge in [0.05, 0.1) is 9.82 Å². The highest BCUT2D eigenvalue weighted by atomic mass is 32.2. The molecule has 1 spiro atoms. The van der Waals surface area contributed by atoms with Crippen LogP contribution in [0.1, 0.15) is 32.1 Å². The minimum Gasteiger partial charge on any atom is -0.311 e. The predicted molar refractivity (Wildman–Crippen MR) is 81.0 cm³/mol. The normalized spacial score (nSPS) is 28.3. The van der Waals surface area contributed by atoms with E-state index in [0.717, 1.165) is 38.6 Å². The van der Waals surface area contributed by atoms with Crippen molar-refractivity contribution in [1.29, 1.82) is 0 Å². The fourth-order valence-corrected chi connectivity index (χ4v) is 4.79. The summed E-state index contributed by atoms with van der Waals surface area (Å²) in [5.41, 5.74) is -0.0169. The second-order valence-electron chi connectivity index (χ2n) is 6.12. The third-order valence-corrected chi connectivity index (χ3v) is 6.16. The summed E-state index contributed by atoms with van der Waals surface area (Å²) in [6.45, 7) is 1.00. The molecule has 8 heteroatoms. The topological polar surface area (TPSA) is 101 Å². The molecule has 2 aliphatic rings. The minimum atomic E-state index is -3.63. The Morgan fingerprint density at radius 3 is 2.59 bits per heavy atom. The molecule has 120 valence electrons. The predicted octanol–water partition coefficient (Wildman–Crippen LogP) is 1.55. The summed E-state index contributed by atoms with van der Waals surface area (Å²) >= 11 is 0. The van der Waals surface area contributed by atoms with Gasteiger partial charge in [-0.15, -0.1) is 0 Å². The molecule has 2 unspecified atom stereocenters. The maximum absolute atomic E-state index is 12.4. The van der Waals surface area contributed by atoms with Crippen LogP contribution >= 0.6 is 0 Å². The molecule has 3 rings (SSSR count). The van der Waals surface area contributed by atoms with E-state index in [1.54, 1.807) is 0 Å². The summed E-state index contributed by atoms with van der Waals surface area (Å²) in [4.78, 5) is 10.1. The number of nitrogens with one attached hydrogen (secondary N) is 2. The lowest BCUT2D eigenvalue weighted by atomic mass is 9.96. The van der Waals surface area contributed by atoms with Gasteiger partial charge >= 0.3 is 0 Å². The van der Waals surface area contributed by atoms with Crippen LogP contribution in [0.2, 0.25) is 0 Å². The van der Waals surface area contributed by atoms with Gasteiger partial charge in [0.2, 0.25) is 10.0 Å². The Labute approximate surface area is 129 Å². The van der Waals surface area contributed by atoms with Crippen LogP contribution in [0.25, 0.3) is 0 Å². The summed E-state index contributed by atoms with van der Waals surface area (Å²) in [7, 11) is -3.63. The van der Waals surface area contributed by atoms with E-state index in [9.17, 15) is 18.5 Å². The Bertz CT molecular complexity index is 666. The fourth-order valence-electron chi connectivity index (χ4n) is 3.52. The van der Waals surface area contributed by atoms with Crippen LogP contribution in [0.15, 0.2) is 29.2 Å². The van der Waals surface area contributed by atoms with Gasteiger partial charge in [-0.05, 0) is 50.8 Å². The number of non-ortho nitro benzene ring substituents is 1. The van der Waals surface area contributed by atoms with Crippen molar-refractivity contribution < 1.29 is 13.3 Å². The molecule has 1 heterocycles. The van der Waals surface area contributed by atoms with Crippen LogP contribution in [0, 0.1) is 10.1 Å². The average molecular weight is 325 g/mol. The van der Waals surface area contributed by atoms with Crippen molar-refractivity contribution >= 4 is 15.7 Å². The number of nitro benzene ring substituents is 1. The summed E-state index contributed by atoms with van der Waals surface area (Å²) < 4.78 is 27.5. The lowest BCUT2D eigenvalue weighted by molar-refractivity contribution is -0.384. The van der Waals surface area contributed by atoms with Gasteiger partial charge in [0.25, 0.3) is 5.69 Å². The molecule has 1 aromatic rings. The third-order valence-electron chi connectivity index (χ3n) is 4.62. The van der Waals surface area contributed by atoms with Crippen molar-refractivity contribution in [2.45, 2.75) is 48.6 Å². The molecule has 0 radical (unpaired) electrons. The zero-order chi connectivity index (χ0) is 15.8. The van der Waals surface area contributed by atoms with Crippen molar-refractivity contribution in [1.82, 2.24) is 10.0 Å². The fraction of sp³-hybridized carbons (Fsp3) is 0.571. The maximum atomic E-state index is 12.4. The lowest BCUT2D eigenvalue weighted by Gasteiger charge is -2.23. The summed E-state index contributed by atoms with van der Waals surface area (Å²) in [6.07, 6.45) is 4.85. The van der Waals surface area contributed by atoms with Gasteiger partial charge in [0, 0.05) is 23.7 Å². The number of rotatable bonds is 4. The minimum absolute atomic E-state index is 0.0680. The highest BCUT2D eigenvalue weighted by Gasteiger charge is 2.42. The molecule has 1 aliphatic heterocycles. The van der Waals surface area contributed by atoms with Crippen molar-refractivity contribution in [3.8, 4) is 0 Å². The number of nitrogens with zero attached hydrogens (tertiary/aromatic N) is 1. The highest BCUT2D eigenvalue weighted by molar-refractivity contribution is 7.89. The Balaban J connectivity index is 1.70. The molecule has 0 aromatic heterocycles. The monoisotopic (exact) mass is 325 g/mol. The van der Waals surface area contributed by atoms with Crippen LogP contribution < -0.4 is 10.0 Å². The zero-order valence-corrected chi connectivity index (χ0v) is 12.9. The third kappa shape index (κ3) is 2.99. The molecule has 7 nitrogen and oxygen atoms in total. The van der Waals surface area contributed by atoms with Gasteiger partial charge in [0.15, 0.2) is 0 Å². The molecular weight excluding hydrogens is 306 g/mol. The molecule has 0 bridgehead atoms. The molecule has 1 aliphatic carbocycles. The number of nitro groups is 1. The standard InChI is InChI=1S/C14H19N3O4S/c18-17(19)12-2-4-13(5-3-12)22(20,21)16-11-6-8-14(10-11)7-1-9-15-14/h2-5,11,15-16H,1,6-10H2. The van der Waals surface area contributed by atoms with Gasteiger partial charge in [-0.1, -0.05) is 0 Å². The Kier molecular flexibility index (Phi) is 3.92. The Morgan fingerprint density at radius 1 is 1.27 bits per heavy atom. The molecule has 2 atom stereocenters. The SMILES string of the molecule is O=[N+]([O-])c1ccc(S(=O)(=O)NC2CCC3(CCCN3)C2)cc1. The average Bonchev–Trinajstić information content (AvgIpc) is 3.09. The van der Waals surface area contributed by atoms with E-state index in [2.05, 4.69) is 10.0 Å². The lowest BCUT2D eigenvalue weighted by Crippen LogP contribution is -2.40. The van der Waals surface area contributed by atoms with E-state index in [4.69, 9.17) is 0 Å². The van der Waals surface area contributed by atoms with Crippen molar-refractivity contribution in [2.75, 3.05) is 6.54 Å². The van der Waals surface area contributed by atoms with Gasteiger partial charge in [-0.25, -0.2) is 13.1 Å². The van der Waals surface area contributed by atoms with Crippen LogP contribution in [-0.2, 0) is 10.0 Å². The van der Waals surface area contributed by atoms with Gasteiger partial charge in [0.1, 0.15) is 0 Å². The number of benzene rings is 1. The quantitative estimate of drug-likeness (QED) is 0.646. The molecule has 2 fully saturated rings. The zero-order valence-electron chi connectivity index (χ0n) is 12.1. The van der Waals surface area contributed by atoms with Gasteiger partial charge < -0.3 is 5.32 Å². The van der Waals surface area contributed by atoms with Crippen LogP contribution in [-0.4, -0.2) is 31.5 Å². The Hall–Kier alpha value is -1.51. The van der Waals surface area contributed by atoms with Crippen molar-refractivity contribution in [2.24, 2.45) is 0 Å². The van der Waals surface area contributed by atoms with Crippen LogP contribution in [0.3, 0.4) is 0 Å². The Morgan fingerprint density at radius 2 is 2.00 bits per heavy atom. The number of hydrogen-bond acceptors (Lipinski definition) is 5. The first kappa shape index (κ1) is 15.4. The van der Waals surface area contributed by atoms with Gasteiger partial charge in [-0.3, -0.25) is 10.1 Å². The second-order valence-corrected chi connectivity index (χ2v) is 7.84. The van der Waals surface area contributed by atoms with E-state index in [1.165, 1.54) is 24.3 Å². The largest absolute Gasteiger partial charge is 0.311 e. The van der Waals surface area contributed by atoms with Crippen molar-refractivity contribution in [3.05, 3.63) is 34.4 Å². The van der Waals surface area contributed by atoms with E-state index < -0.39 is 14.9 Å². The first-order chi connectivity index (χ1) is 10.4. The number of sulfonamides is 1. The van der Waals surface area contributed by atoms with Gasteiger partial charge in [-0.2, -0.15) is 0 Å². The van der Waals surface area contributed by atoms with E-state index in [0.29, 0.717) is 0 Å². The summed E-state index contributed by atoms with van der Waals surface area (Å²) in [6, 6.07) is 4.90. The molecule has 0 amide bonds. The molecule has 1 saturated carbocycles. The van der Waals surface area contributed by atoms with E-state index in [1.807, 2.05) is 0 Å². The highest BCUT2D eigenvalue weighted by Crippen LogP contribution is 2.37. The summed E-state index contributed by atoms with van der Waals surface area (Å²) in [5.74, 6) is 0. The van der Waals surface area contributed by atoms with Crippen LogP contribution in [0.5, 0.6) is 0 Å². The summed E-state index contributed by atoms with van der Waals surface area (Å²) in [5, 5.41) is 14.1. The van der Waals surface area contributed by atoms with Crippen molar-refractivity contribution in [3.63, 3.8) is 0 Å². The first-order valence-electron chi connectivity index (χ1n) is 7.42. The van der Waals surface area contributed by atoms with E-state index >= 15 is 0 Å². The molecule has 1 saturated heterocycles. The van der Waals surface area contributed by atoms with E-state index in [-0.39, 0.29) is 22.2 Å².